The highest BCUT2D eigenvalue weighted by Crippen LogP contribution is 2.24. The van der Waals surface area contributed by atoms with Gasteiger partial charge < -0.3 is 19.7 Å². The van der Waals surface area contributed by atoms with E-state index in [-0.39, 0.29) is 24.1 Å². The van der Waals surface area contributed by atoms with E-state index in [1.807, 2.05) is 27.7 Å². The second kappa shape index (κ2) is 7.62. The molecular formula is C15H27N3O3. The lowest BCUT2D eigenvalue weighted by Crippen LogP contribution is -2.68. The van der Waals surface area contributed by atoms with E-state index in [1.54, 1.807) is 12.0 Å². The highest BCUT2D eigenvalue weighted by Gasteiger charge is 2.43. The van der Waals surface area contributed by atoms with Crippen molar-refractivity contribution in [1.29, 1.82) is 5.26 Å². The lowest BCUT2D eigenvalue weighted by atomic mass is 9.93. The first-order chi connectivity index (χ1) is 9.78. The molecule has 1 fully saturated rings. The fourth-order valence-corrected chi connectivity index (χ4v) is 2.25. The number of likely N-dealkylation sites (tertiary alicyclic amines) is 1. The van der Waals surface area contributed by atoms with Gasteiger partial charge in [-0.05, 0) is 34.1 Å². The third kappa shape index (κ3) is 5.52. The molecule has 0 aromatic carbocycles. The molecule has 1 saturated heterocycles. The van der Waals surface area contributed by atoms with Crippen LogP contribution in [0.4, 0.5) is 4.79 Å². The summed E-state index contributed by atoms with van der Waals surface area (Å²) in [6.45, 7) is 9.29. The monoisotopic (exact) mass is 297 g/mol. The van der Waals surface area contributed by atoms with E-state index in [2.05, 4.69) is 11.4 Å². The van der Waals surface area contributed by atoms with Gasteiger partial charge in [-0.1, -0.05) is 0 Å². The molecule has 6 nitrogen and oxygen atoms in total. The Morgan fingerprint density at radius 1 is 1.52 bits per heavy atom. The number of rotatable bonds is 6. The molecule has 0 aromatic rings. The Kier molecular flexibility index (Phi) is 6.43. The van der Waals surface area contributed by atoms with Crippen LogP contribution in [-0.4, -0.2) is 55.5 Å². The maximum absolute atomic E-state index is 12.1. The highest BCUT2D eigenvalue weighted by atomic mass is 16.6. The summed E-state index contributed by atoms with van der Waals surface area (Å²) in [4.78, 5) is 13.9. The molecule has 1 N–H and O–H groups in total. The number of hydrogen-bond acceptors (Lipinski definition) is 5. The maximum atomic E-state index is 12.1. The number of methoxy groups -OCH3 is 1. The first-order valence-corrected chi connectivity index (χ1v) is 7.40. The van der Waals surface area contributed by atoms with Crippen LogP contribution in [0.25, 0.3) is 0 Å². The Morgan fingerprint density at radius 3 is 2.71 bits per heavy atom. The Hall–Kier alpha value is -1.32. The molecule has 0 saturated carbocycles. The Balaban J connectivity index is 2.54. The fraction of sp³-hybridized carbons (Fsp3) is 0.867. The summed E-state index contributed by atoms with van der Waals surface area (Å²) in [5.74, 6) is -0.0383. The van der Waals surface area contributed by atoms with Gasteiger partial charge in [-0.15, -0.1) is 0 Å². The van der Waals surface area contributed by atoms with Gasteiger partial charge in [0.1, 0.15) is 5.60 Å². The number of nitriles is 1. The van der Waals surface area contributed by atoms with Crippen LogP contribution in [0.15, 0.2) is 0 Å². The summed E-state index contributed by atoms with van der Waals surface area (Å²) >= 11 is 0. The van der Waals surface area contributed by atoms with Gasteiger partial charge >= 0.3 is 6.09 Å². The third-order valence-corrected chi connectivity index (χ3v) is 3.41. The van der Waals surface area contributed by atoms with Crippen LogP contribution in [0.2, 0.25) is 0 Å². The van der Waals surface area contributed by atoms with E-state index < -0.39 is 5.60 Å². The first kappa shape index (κ1) is 17.7. The van der Waals surface area contributed by atoms with Crippen molar-refractivity contribution in [3.05, 3.63) is 0 Å². The van der Waals surface area contributed by atoms with Gasteiger partial charge in [0.2, 0.25) is 0 Å². The third-order valence-electron chi connectivity index (χ3n) is 3.41. The number of nitrogens with one attached hydrogen (secondary N) is 1. The fourth-order valence-electron chi connectivity index (χ4n) is 2.25. The summed E-state index contributed by atoms with van der Waals surface area (Å²) in [7, 11) is 1.65. The molecule has 0 radical (unpaired) electrons. The van der Waals surface area contributed by atoms with Crippen molar-refractivity contribution in [2.75, 3.05) is 26.8 Å². The van der Waals surface area contributed by atoms with E-state index in [1.165, 1.54) is 0 Å². The molecule has 1 heterocycles. The van der Waals surface area contributed by atoms with Crippen LogP contribution in [0.3, 0.4) is 0 Å². The summed E-state index contributed by atoms with van der Waals surface area (Å²) in [6, 6.07) is 2.46. The Labute approximate surface area is 127 Å². The molecule has 1 aliphatic rings. The van der Waals surface area contributed by atoms with E-state index in [9.17, 15) is 4.79 Å². The predicted molar refractivity (Wildman–Crippen MR) is 79.8 cm³/mol. The molecule has 0 spiro atoms. The standard InChI is InChI=1S/C15H27N3O3/c1-11(8-16)9-17-12-10-18(13(12)6-7-20-5)14(19)21-15(2,3)4/h11-13,17H,6-7,9-10H2,1-5H3. The normalized spacial score (nSPS) is 23.1. The number of hydrogen-bond donors (Lipinski definition) is 1. The summed E-state index contributed by atoms with van der Waals surface area (Å²) in [5.41, 5.74) is -0.489. The van der Waals surface area contributed by atoms with E-state index in [0.717, 1.165) is 6.42 Å². The Morgan fingerprint density at radius 2 is 2.19 bits per heavy atom. The maximum Gasteiger partial charge on any atom is 0.410 e. The van der Waals surface area contributed by atoms with Crippen molar-refractivity contribution in [1.82, 2.24) is 10.2 Å². The van der Waals surface area contributed by atoms with Crippen molar-refractivity contribution in [3.63, 3.8) is 0 Å². The molecule has 3 unspecified atom stereocenters. The van der Waals surface area contributed by atoms with Crippen molar-refractivity contribution in [2.24, 2.45) is 5.92 Å². The molecule has 1 rings (SSSR count). The molecule has 1 amide bonds. The van der Waals surface area contributed by atoms with Gasteiger partial charge in [0.05, 0.1) is 18.0 Å². The molecule has 21 heavy (non-hydrogen) atoms. The topological polar surface area (TPSA) is 74.6 Å². The van der Waals surface area contributed by atoms with Gasteiger partial charge in [0, 0.05) is 32.8 Å². The predicted octanol–water partition coefficient (Wildman–Crippen LogP) is 1.76. The van der Waals surface area contributed by atoms with Gasteiger partial charge in [0.25, 0.3) is 0 Å². The van der Waals surface area contributed by atoms with E-state index in [4.69, 9.17) is 14.7 Å². The van der Waals surface area contributed by atoms with Crippen molar-refractivity contribution in [3.8, 4) is 6.07 Å². The van der Waals surface area contributed by atoms with Crippen molar-refractivity contribution < 1.29 is 14.3 Å². The number of ether oxygens (including phenoxy) is 2. The summed E-state index contributed by atoms with van der Waals surface area (Å²) in [6.07, 6.45) is 0.476. The molecule has 0 aliphatic carbocycles. The molecule has 6 heteroatoms. The van der Waals surface area contributed by atoms with Gasteiger partial charge in [-0.2, -0.15) is 5.26 Å². The average molecular weight is 297 g/mol. The van der Waals surface area contributed by atoms with E-state index >= 15 is 0 Å². The van der Waals surface area contributed by atoms with Crippen LogP contribution >= 0.6 is 0 Å². The van der Waals surface area contributed by atoms with E-state index in [0.29, 0.717) is 19.7 Å². The lowest BCUT2D eigenvalue weighted by Gasteiger charge is -2.48. The molecule has 0 aromatic heterocycles. The number of nitrogens with zero attached hydrogens (tertiary/aromatic N) is 2. The van der Waals surface area contributed by atoms with Crippen LogP contribution in [0, 0.1) is 17.2 Å². The van der Waals surface area contributed by atoms with Gasteiger partial charge in [-0.25, -0.2) is 4.79 Å². The number of amides is 1. The molecule has 3 atom stereocenters. The van der Waals surface area contributed by atoms with Crippen LogP contribution in [0.5, 0.6) is 0 Å². The van der Waals surface area contributed by atoms with Crippen LogP contribution < -0.4 is 5.32 Å². The zero-order chi connectivity index (χ0) is 16.0. The minimum absolute atomic E-state index is 0.0383. The largest absolute Gasteiger partial charge is 0.444 e. The quantitative estimate of drug-likeness (QED) is 0.808. The summed E-state index contributed by atoms with van der Waals surface area (Å²) < 4.78 is 10.5. The van der Waals surface area contributed by atoms with Crippen LogP contribution in [0.1, 0.15) is 34.1 Å². The Bertz CT molecular complexity index is 387. The summed E-state index contributed by atoms with van der Waals surface area (Å²) in [5, 5.41) is 12.2. The zero-order valence-corrected chi connectivity index (χ0v) is 13.7. The average Bonchev–Trinajstić information content (AvgIpc) is 2.35. The minimum Gasteiger partial charge on any atom is -0.444 e. The molecule has 120 valence electrons. The van der Waals surface area contributed by atoms with Gasteiger partial charge in [0.15, 0.2) is 0 Å². The second-order valence-electron chi connectivity index (χ2n) is 6.53. The van der Waals surface area contributed by atoms with Crippen LogP contribution in [-0.2, 0) is 9.47 Å². The smallest absolute Gasteiger partial charge is 0.410 e. The minimum atomic E-state index is -0.489. The number of carbonyl (C=O) groups excluding carboxylic acids is 1. The second-order valence-corrected chi connectivity index (χ2v) is 6.53. The zero-order valence-electron chi connectivity index (χ0n) is 13.7. The number of carbonyl (C=O) groups is 1. The molecular weight excluding hydrogens is 270 g/mol. The molecule has 1 aliphatic heterocycles. The SMILES string of the molecule is COCCC1C(NCC(C)C#N)CN1C(=O)OC(C)(C)C. The van der Waals surface area contributed by atoms with Crippen molar-refractivity contribution >= 4 is 6.09 Å². The lowest BCUT2D eigenvalue weighted by molar-refractivity contribution is -0.0255. The van der Waals surface area contributed by atoms with Gasteiger partial charge in [-0.3, -0.25) is 0 Å². The highest BCUT2D eigenvalue weighted by molar-refractivity contribution is 5.70. The molecule has 0 bridgehead atoms. The first-order valence-electron chi connectivity index (χ1n) is 7.40. The van der Waals surface area contributed by atoms with Crippen molar-refractivity contribution in [2.45, 2.75) is 51.8 Å².